The molecule has 0 bridgehead atoms. The van der Waals surface area contributed by atoms with Crippen molar-refractivity contribution < 1.29 is 4.79 Å². The molecule has 196 valence electrons. The molecule has 1 saturated heterocycles. The lowest BCUT2D eigenvalue weighted by molar-refractivity contribution is 0.102. The van der Waals surface area contributed by atoms with Gasteiger partial charge in [0.25, 0.3) is 5.91 Å². The highest BCUT2D eigenvalue weighted by atomic mass is 127. The molecular formula is C27H26Cl2IN6OP. The van der Waals surface area contributed by atoms with Crippen LogP contribution in [0.1, 0.15) is 35.3 Å². The Morgan fingerprint density at radius 2 is 1.76 bits per heavy atom. The highest BCUT2D eigenvalue weighted by Gasteiger charge is 2.21. The molecule has 1 aliphatic heterocycles. The largest absolute Gasteiger partial charge is 0.368 e. The minimum absolute atomic E-state index is 0.187. The summed E-state index contributed by atoms with van der Waals surface area (Å²) in [6.07, 6.45) is 7.32. The first-order chi connectivity index (χ1) is 18.3. The fourth-order valence-electron chi connectivity index (χ4n) is 4.69. The van der Waals surface area contributed by atoms with Gasteiger partial charge in [-0.05, 0) is 77.9 Å². The van der Waals surface area contributed by atoms with Gasteiger partial charge in [0.1, 0.15) is 0 Å². The quantitative estimate of drug-likeness (QED) is 0.168. The maximum absolute atomic E-state index is 13.1. The number of carbonyl (C=O) groups excluding carboxylic acids is 1. The maximum Gasteiger partial charge on any atom is 0.256 e. The van der Waals surface area contributed by atoms with Gasteiger partial charge < -0.3 is 15.5 Å². The van der Waals surface area contributed by atoms with Gasteiger partial charge in [0.2, 0.25) is 0 Å². The Bertz CT molecular complexity index is 1480. The number of benzene rings is 2. The third-order valence-electron chi connectivity index (χ3n) is 6.40. The van der Waals surface area contributed by atoms with Crippen LogP contribution in [0.15, 0.2) is 54.9 Å². The molecule has 2 aromatic carbocycles. The first kappa shape index (κ1) is 27.3. The van der Waals surface area contributed by atoms with E-state index in [-0.39, 0.29) is 5.91 Å². The number of piperazine rings is 1. The predicted molar refractivity (Wildman–Crippen MR) is 169 cm³/mol. The summed E-state index contributed by atoms with van der Waals surface area (Å²) in [6, 6.07) is 14.6. The summed E-state index contributed by atoms with van der Waals surface area (Å²) in [4.78, 5) is 19.5. The zero-order chi connectivity index (χ0) is 26.8. The number of pyridine rings is 1. The Morgan fingerprint density at radius 3 is 2.42 bits per heavy atom. The summed E-state index contributed by atoms with van der Waals surface area (Å²) < 4.78 is 1.89. The Hall–Kier alpha value is -2.23. The van der Waals surface area contributed by atoms with Crippen LogP contribution in [-0.4, -0.2) is 45.6 Å². The first-order valence-corrected chi connectivity index (χ1v) is 16.9. The number of nitrogens with one attached hydrogen (secondary N) is 2. The minimum Gasteiger partial charge on any atom is -0.368 e. The number of anilines is 2. The summed E-state index contributed by atoms with van der Waals surface area (Å²) in [5, 5.41) is 13.1. The molecule has 0 aliphatic carbocycles. The topological polar surface area (TPSA) is 75.1 Å². The number of hydrogen-bond donors (Lipinski definition) is 2. The molecule has 5 rings (SSSR count). The molecule has 2 N–H and O–H groups in total. The normalized spacial score (nSPS) is 18.2. The van der Waals surface area contributed by atoms with Gasteiger partial charge in [0.05, 0.1) is 21.9 Å². The molecule has 11 heteroatoms. The number of amides is 1. The van der Waals surface area contributed by atoms with Crippen LogP contribution in [0.5, 0.6) is 0 Å². The minimum atomic E-state index is -0.187. The summed E-state index contributed by atoms with van der Waals surface area (Å²) in [7, 11) is 0. The van der Waals surface area contributed by atoms with Crippen molar-refractivity contribution >= 4 is 92.1 Å². The van der Waals surface area contributed by atoms with Crippen LogP contribution in [0.2, 0.25) is 10.0 Å². The van der Waals surface area contributed by atoms with Gasteiger partial charge in [-0.25, -0.2) is 4.45 Å². The van der Waals surface area contributed by atoms with Crippen molar-refractivity contribution in [3.63, 3.8) is 0 Å². The second-order valence-electron chi connectivity index (χ2n) is 9.35. The molecular weight excluding hydrogens is 653 g/mol. The second kappa shape index (κ2) is 11.9. The average molecular weight is 679 g/mol. The van der Waals surface area contributed by atoms with Crippen LogP contribution in [0.3, 0.4) is 0 Å². The summed E-state index contributed by atoms with van der Waals surface area (Å²) in [5.41, 5.74) is 4.32. The molecule has 1 aliphatic rings. The predicted octanol–water partition coefficient (Wildman–Crippen LogP) is 7.14. The standard InChI is InChI=1S/C27H26Cl2IN6OP/c1-16-14-35(15-17(2)32-16)20-7-5-19(6-8-20)27(37)33-26-22-10-4-18(11-25(22)36(34-26)38-30)3-9-21-23(28)12-31-13-24(21)29/h3-13,16-17,32,38H,14-15H2,1-2H3,(H,33,34,37)/b9-3+. The highest BCUT2D eigenvalue weighted by molar-refractivity contribution is 14.2. The van der Waals surface area contributed by atoms with E-state index in [9.17, 15) is 4.79 Å². The van der Waals surface area contributed by atoms with E-state index in [1.54, 1.807) is 12.4 Å². The van der Waals surface area contributed by atoms with Crippen LogP contribution in [0.4, 0.5) is 11.5 Å². The number of hydrogen-bond acceptors (Lipinski definition) is 5. The summed E-state index contributed by atoms with van der Waals surface area (Å²) in [6.45, 7) is 6.26. The fraction of sp³-hybridized carbons (Fsp3) is 0.222. The van der Waals surface area contributed by atoms with Crippen molar-refractivity contribution in [2.75, 3.05) is 23.3 Å². The Labute approximate surface area is 246 Å². The van der Waals surface area contributed by atoms with Crippen molar-refractivity contribution in [2.24, 2.45) is 0 Å². The van der Waals surface area contributed by atoms with E-state index >= 15 is 0 Å². The molecule has 7 nitrogen and oxygen atoms in total. The SMILES string of the molecule is CC1CN(c2ccc(C(=O)Nc3nn(PI)c4cc(/C=C/c5c(Cl)cncc5Cl)ccc34)cc2)CC(C)N1. The number of fused-ring (bicyclic) bond motifs is 1. The average Bonchev–Trinajstić information content (AvgIpc) is 3.24. The van der Waals surface area contributed by atoms with Crippen molar-refractivity contribution in [3.8, 4) is 0 Å². The van der Waals surface area contributed by atoms with Crippen molar-refractivity contribution in [2.45, 2.75) is 25.9 Å². The van der Waals surface area contributed by atoms with Crippen LogP contribution < -0.4 is 15.5 Å². The summed E-state index contributed by atoms with van der Waals surface area (Å²) >= 11 is 14.8. The van der Waals surface area contributed by atoms with Gasteiger partial charge in [-0.15, -0.1) is 5.10 Å². The van der Waals surface area contributed by atoms with Gasteiger partial charge in [0.15, 0.2) is 5.82 Å². The zero-order valence-corrected chi connectivity index (χ0v) is 25.4. The van der Waals surface area contributed by atoms with E-state index in [0.29, 0.717) is 45.4 Å². The van der Waals surface area contributed by atoms with Gasteiger partial charge >= 0.3 is 0 Å². The smallest absolute Gasteiger partial charge is 0.256 e. The molecule has 0 saturated carbocycles. The Kier molecular flexibility index (Phi) is 8.55. The molecule has 4 aromatic rings. The lowest BCUT2D eigenvalue weighted by Crippen LogP contribution is -2.54. The molecule has 0 spiro atoms. The van der Waals surface area contributed by atoms with Gasteiger partial charge in [-0.1, -0.05) is 41.4 Å². The van der Waals surface area contributed by atoms with Gasteiger partial charge in [-0.2, -0.15) is 0 Å². The van der Waals surface area contributed by atoms with E-state index in [1.807, 2.05) is 59.1 Å². The van der Waals surface area contributed by atoms with E-state index in [0.717, 1.165) is 35.2 Å². The summed E-state index contributed by atoms with van der Waals surface area (Å²) in [5.74, 6) is 0.353. The molecule has 3 atom stereocenters. The van der Waals surface area contributed by atoms with Crippen molar-refractivity contribution in [3.05, 3.63) is 81.6 Å². The van der Waals surface area contributed by atoms with E-state index in [2.05, 4.69) is 61.5 Å². The maximum atomic E-state index is 13.1. The lowest BCUT2D eigenvalue weighted by Gasteiger charge is -2.37. The van der Waals surface area contributed by atoms with Crippen LogP contribution >= 0.6 is 51.6 Å². The Morgan fingerprint density at radius 1 is 1.08 bits per heavy atom. The monoisotopic (exact) mass is 678 g/mol. The molecule has 1 fully saturated rings. The number of carbonyl (C=O) groups is 1. The van der Waals surface area contributed by atoms with Crippen molar-refractivity contribution in [1.29, 1.82) is 0 Å². The van der Waals surface area contributed by atoms with Crippen LogP contribution in [-0.2, 0) is 0 Å². The fourth-order valence-corrected chi connectivity index (χ4v) is 6.70. The van der Waals surface area contributed by atoms with E-state index in [1.165, 1.54) is 0 Å². The van der Waals surface area contributed by atoms with Crippen LogP contribution in [0, 0.1) is 0 Å². The lowest BCUT2D eigenvalue weighted by atomic mass is 10.1. The molecule has 1 amide bonds. The van der Waals surface area contributed by atoms with Gasteiger partial charge in [-0.3, -0.25) is 9.78 Å². The Balaban J connectivity index is 1.35. The number of rotatable bonds is 6. The van der Waals surface area contributed by atoms with Crippen molar-refractivity contribution in [1.82, 2.24) is 19.9 Å². The molecule has 38 heavy (non-hydrogen) atoms. The van der Waals surface area contributed by atoms with E-state index < -0.39 is 0 Å². The number of halogens is 3. The second-order valence-corrected chi connectivity index (χ2v) is 12.2. The number of aromatic nitrogens is 3. The first-order valence-electron chi connectivity index (χ1n) is 12.1. The number of nitrogens with zero attached hydrogens (tertiary/aromatic N) is 4. The molecule has 3 unspecified atom stereocenters. The third-order valence-corrected chi connectivity index (χ3v) is 8.88. The molecule has 0 radical (unpaired) electrons. The zero-order valence-electron chi connectivity index (χ0n) is 20.8. The van der Waals surface area contributed by atoms with E-state index in [4.69, 9.17) is 23.2 Å². The van der Waals surface area contributed by atoms with Gasteiger partial charge in [0, 0.05) is 59.8 Å². The van der Waals surface area contributed by atoms with Crippen LogP contribution in [0.25, 0.3) is 23.1 Å². The molecule has 3 heterocycles. The third kappa shape index (κ3) is 6.00. The molecule has 2 aromatic heterocycles. The highest BCUT2D eigenvalue weighted by Crippen LogP contribution is 2.34.